The second-order valence-electron chi connectivity index (χ2n) is 5.65. The second kappa shape index (κ2) is 7.48. The van der Waals surface area contributed by atoms with Gasteiger partial charge in [-0.1, -0.05) is 12.1 Å². The van der Waals surface area contributed by atoms with Gasteiger partial charge in [0.1, 0.15) is 5.75 Å². The van der Waals surface area contributed by atoms with E-state index in [0.717, 1.165) is 11.3 Å². The summed E-state index contributed by atoms with van der Waals surface area (Å²) in [5, 5.41) is 13.0. The SMILES string of the molecule is COc1cccc(COCC(O)CNC(C)(C)C)c1. The van der Waals surface area contributed by atoms with Crippen LogP contribution >= 0.6 is 0 Å². The summed E-state index contributed by atoms with van der Waals surface area (Å²) >= 11 is 0. The topological polar surface area (TPSA) is 50.7 Å². The average Bonchev–Trinajstić information content (AvgIpc) is 2.36. The highest BCUT2D eigenvalue weighted by Crippen LogP contribution is 2.13. The fraction of sp³-hybridized carbons (Fsp3) is 0.600. The zero-order chi connectivity index (χ0) is 14.3. The van der Waals surface area contributed by atoms with Crippen molar-refractivity contribution in [2.75, 3.05) is 20.3 Å². The molecule has 0 saturated carbocycles. The van der Waals surface area contributed by atoms with Crippen LogP contribution in [0.3, 0.4) is 0 Å². The van der Waals surface area contributed by atoms with E-state index in [0.29, 0.717) is 19.8 Å². The summed E-state index contributed by atoms with van der Waals surface area (Å²) < 4.78 is 10.6. The Morgan fingerprint density at radius 2 is 2.05 bits per heavy atom. The van der Waals surface area contributed by atoms with E-state index in [1.165, 1.54) is 0 Å². The number of aliphatic hydroxyl groups is 1. The van der Waals surface area contributed by atoms with E-state index >= 15 is 0 Å². The molecule has 0 radical (unpaired) electrons. The van der Waals surface area contributed by atoms with Crippen molar-refractivity contribution < 1.29 is 14.6 Å². The largest absolute Gasteiger partial charge is 0.497 e. The molecule has 0 bridgehead atoms. The van der Waals surface area contributed by atoms with Crippen LogP contribution in [0.25, 0.3) is 0 Å². The molecule has 19 heavy (non-hydrogen) atoms. The van der Waals surface area contributed by atoms with Crippen LogP contribution in [0.2, 0.25) is 0 Å². The van der Waals surface area contributed by atoms with Crippen molar-refractivity contribution in [3.63, 3.8) is 0 Å². The minimum absolute atomic E-state index is 0.00771. The molecule has 0 saturated heterocycles. The summed E-state index contributed by atoms with van der Waals surface area (Å²) in [6.07, 6.45) is -0.496. The Labute approximate surface area is 115 Å². The lowest BCUT2D eigenvalue weighted by Gasteiger charge is -2.22. The van der Waals surface area contributed by atoms with E-state index < -0.39 is 6.10 Å². The van der Waals surface area contributed by atoms with Gasteiger partial charge in [-0.15, -0.1) is 0 Å². The maximum Gasteiger partial charge on any atom is 0.119 e. The Hall–Kier alpha value is -1.10. The number of hydrogen-bond acceptors (Lipinski definition) is 4. The van der Waals surface area contributed by atoms with E-state index in [1.807, 2.05) is 24.3 Å². The first-order chi connectivity index (χ1) is 8.90. The Morgan fingerprint density at radius 1 is 1.32 bits per heavy atom. The first-order valence-electron chi connectivity index (χ1n) is 6.54. The summed E-state index contributed by atoms with van der Waals surface area (Å²) in [6, 6.07) is 7.73. The predicted octanol–water partition coefficient (Wildman–Crippen LogP) is 1.96. The van der Waals surface area contributed by atoms with E-state index in [-0.39, 0.29) is 5.54 Å². The molecule has 0 aliphatic heterocycles. The third-order valence-electron chi connectivity index (χ3n) is 2.58. The van der Waals surface area contributed by atoms with Gasteiger partial charge in [-0.2, -0.15) is 0 Å². The first-order valence-corrected chi connectivity index (χ1v) is 6.54. The zero-order valence-electron chi connectivity index (χ0n) is 12.3. The molecule has 0 heterocycles. The van der Waals surface area contributed by atoms with Gasteiger partial charge >= 0.3 is 0 Å². The van der Waals surface area contributed by atoms with Crippen molar-refractivity contribution >= 4 is 0 Å². The number of nitrogens with one attached hydrogen (secondary N) is 1. The first kappa shape index (κ1) is 16.0. The fourth-order valence-electron chi connectivity index (χ4n) is 1.56. The maximum atomic E-state index is 9.78. The van der Waals surface area contributed by atoms with E-state index in [1.54, 1.807) is 7.11 Å². The normalized spacial score (nSPS) is 13.3. The smallest absolute Gasteiger partial charge is 0.119 e. The van der Waals surface area contributed by atoms with Crippen LogP contribution in [0, 0.1) is 0 Å². The molecule has 0 fully saturated rings. The van der Waals surface area contributed by atoms with Gasteiger partial charge in [0.2, 0.25) is 0 Å². The van der Waals surface area contributed by atoms with Gasteiger partial charge in [0.05, 0.1) is 26.4 Å². The van der Waals surface area contributed by atoms with Crippen molar-refractivity contribution in [3.8, 4) is 5.75 Å². The lowest BCUT2D eigenvalue weighted by Crippen LogP contribution is -2.42. The Bertz CT molecular complexity index is 374. The molecular weight excluding hydrogens is 242 g/mol. The lowest BCUT2D eigenvalue weighted by atomic mass is 10.1. The van der Waals surface area contributed by atoms with Gasteiger partial charge in [-0.3, -0.25) is 0 Å². The molecule has 4 heteroatoms. The molecule has 4 nitrogen and oxygen atoms in total. The Morgan fingerprint density at radius 3 is 2.68 bits per heavy atom. The van der Waals surface area contributed by atoms with Gasteiger partial charge in [0.25, 0.3) is 0 Å². The van der Waals surface area contributed by atoms with Crippen LogP contribution in [0.15, 0.2) is 24.3 Å². The number of aliphatic hydroxyl groups excluding tert-OH is 1. The van der Waals surface area contributed by atoms with Crippen LogP contribution in [0.5, 0.6) is 5.75 Å². The predicted molar refractivity (Wildman–Crippen MR) is 76.4 cm³/mol. The number of ether oxygens (including phenoxy) is 2. The van der Waals surface area contributed by atoms with Gasteiger partial charge in [-0.25, -0.2) is 0 Å². The number of rotatable bonds is 7. The molecule has 1 unspecified atom stereocenters. The van der Waals surface area contributed by atoms with Crippen LogP contribution in [0.4, 0.5) is 0 Å². The molecule has 0 aliphatic rings. The Kier molecular flexibility index (Phi) is 6.28. The molecule has 0 amide bonds. The standard InChI is InChI=1S/C15H25NO3/c1-15(2,3)16-9-13(17)11-19-10-12-6-5-7-14(8-12)18-4/h5-8,13,16-17H,9-11H2,1-4H3. The Balaban J connectivity index is 2.25. The zero-order valence-corrected chi connectivity index (χ0v) is 12.3. The molecule has 1 atom stereocenters. The van der Waals surface area contributed by atoms with E-state index in [9.17, 15) is 5.11 Å². The molecule has 1 aromatic carbocycles. The monoisotopic (exact) mass is 267 g/mol. The van der Waals surface area contributed by atoms with Crippen molar-refractivity contribution in [1.82, 2.24) is 5.32 Å². The van der Waals surface area contributed by atoms with Crippen LogP contribution in [0.1, 0.15) is 26.3 Å². The summed E-state index contributed by atoms with van der Waals surface area (Å²) in [7, 11) is 1.64. The average molecular weight is 267 g/mol. The number of hydrogen-bond donors (Lipinski definition) is 2. The molecule has 1 rings (SSSR count). The summed E-state index contributed by atoms with van der Waals surface area (Å²) in [4.78, 5) is 0. The maximum absolute atomic E-state index is 9.78. The molecule has 0 aliphatic carbocycles. The molecule has 108 valence electrons. The quantitative estimate of drug-likeness (QED) is 0.793. The highest BCUT2D eigenvalue weighted by molar-refractivity contribution is 5.27. The molecule has 0 aromatic heterocycles. The fourth-order valence-corrected chi connectivity index (χ4v) is 1.56. The van der Waals surface area contributed by atoms with Crippen molar-refractivity contribution in [3.05, 3.63) is 29.8 Å². The van der Waals surface area contributed by atoms with Gasteiger partial charge in [-0.05, 0) is 38.5 Å². The van der Waals surface area contributed by atoms with E-state index in [2.05, 4.69) is 26.1 Å². The summed E-state index contributed by atoms with van der Waals surface area (Å²) in [6.45, 7) is 7.52. The third-order valence-corrected chi connectivity index (χ3v) is 2.58. The second-order valence-corrected chi connectivity index (χ2v) is 5.65. The summed E-state index contributed by atoms with van der Waals surface area (Å²) in [5.41, 5.74) is 1.05. The van der Waals surface area contributed by atoms with Crippen molar-refractivity contribution in [1.29, 1.82) is 0 Å². The minimum Gasteiger partial charge on any atom is -0.497 e. The van der Waals surface area contributed by atoms with Crippen LogP contribution in [-0.4, -0.2) is 37.0 Å². The van der Waals surface area contributed by atoms with Crippen molar-refractivity contribution in [2.24, 2.45) is 0 Å². The highest BCUT2D eigenvalue weighted by Gasteiger charge is 2.12. The van der Waals surface area contributed by atoms with Crippen LogP contribution < -0.4 is 10.1 Å². The molecule has 2 N–H and O–H groups in total. The number of benzene rings is 1. The minimum atomic E-state index is -0.496. The third kappa shape index (κ3) is 7.15. The van der Waals surface area contributed by atoms with Crippen molar-refractivity contribution in [2.45, 2.75) is 39.0 Å². The number of methoxy groups -OCH3 is 1. The number of β-amino-alcohol motifs (C(OH)–C–C–N with tert-alkyl or cyclic N) is 1. The molecule has 0 spiro atoms. The van der Waals surface area contributed by atoms with Gasteiger partial charge in [0, 0.05) is 12.1 Å². The highest BCUT2D eigenvalue weighted by atomic mass is 16.5. The lowest BCUT2D eigenvalue weighted by molar-refractivity contribution is 0.0261. The van der Waals surface area contributed by atoms with Crippen LogP contribution in [-0.2, 0) is 11.3 Å². The van der Waals surface area contributed by atoms with Gasteiger partial charge < -0.3 is 19.9 Å². The summed E-state index contributed by atoms with van der Waals surface area (Å²) in [5.74, 6) is 0.816. The molecule has 1 aromatic rings. The van der Waals surface area contributed by atoms with E-state index in [4.69, 9.17) is 9.47 Å². The van der Waals surface area contributed by atoms with Gasteiger partial charge in [0.15, 0.2) is 0 Å². The molecular formula is C15H25NO3.